The molecular weight excluding hydrogens is 330 g/mol. The van der Waals surface area contributed by atoms with Crippen LogP contribution in [0.25, 0.3) is 0 Å². The molecule has 2 aromatic heterocycles. The molecule has 3 aromatic rings. The maximum Gasteiger partial charge on any atom is 0.226 e. The largest absolute Gasteiger partial charge is 0.485 e. The van der Waals surface area contributed by atoms with Crippen molar-refractivity contribution in [3.05, 3.63) is 41.9 Å². The summed E-state index contributed by atoms with van der Waals surface area (Å²) in [5, 5.41) is 17.0. The van der Waals surface area contributed by atoms with Gasteiger partial charge in [0.1, 0.15) is 6.61 Å². The van der Waals surface area contributed by atoms with E-state index >= 15 is 0 Å². The van der Waals surface area contributed by atoms with Crippen LogP contribution in [0.1, 0.15) is 23.7 Å². The van der Waals surface area contributed by atoms with Crippen molar-refractivity contribution in [1.29, 1.82) is 0 Å². The Morgan fingerprint density at radius 1 is 1.17 bits per heavy atom. The van der Waals surface area contributed by atoms with Crippen molar-refractivity contribution in [1.82, 2.24) is 25.0 Å². The molecule has 24 heavy (non-hydrogen) atoms. The van der Waals surface area contributed by atoms with Crippen molar-refractivity contribution in [3.8, 4) is 11.5 Å². The Hall–Kier alpha value is -2.55. The highest BCUT2D eigenvalue weighted by Gasteiger charge is 2.27. The van der Waals surface area contributed by atoms with Gasteiger partial charge in [0, 0.05) is 14.0 Å². The van der Waals surface area contributed by atoms with Crippen molar-refractivity contribution < 1.29 is 13.9 Å². The molecule has 1 atom stereocenters. The van der Waals surface area contributed by atoms with Gasteiger partial charge in [0.25, 0.3) is 0 Å². The molecule has 0 spiro atoms. The summed E-state index contributed by atoms with van der Waals surface area (Å²) >= 11 is 1.48. The van der Waals surface area contributed by atoms with E-state index in [9.17, 15) is 0 Å². The Labute approximate surface area is 142 Å². The highest BCUT2D eigenvalue weighted by Crippen LogP contribution is 2.35. The number of ether oxygens (including phenoxy) is 2. The molecule has 0 fully saturated rings. The lowest BCUT2D eigenvalue weighted by molar-refractivity contribution is 0.0825. The van der Waals surface area contributed by atoms with E-state index in [1.54, 1.807) is 6.92 Å². The first-order valence-corrected chi connectivity index (χ1v) is 8.39. The second-order valence-corrected chi connectivity index (χ2v) is 6.21. The van der Waals surface area contributed by atoms with Crippen LogP contribution >= 0.6 is 11.8 Å². The van der Waals surface area contributed by atoms with Gasteiger partial charge in [-0.3, -0.25) is 0 Å². The number of aryl methyl sites for hydroxylation is 1. The fourth-order valence-electron chi connectivity index (χ4n) is 2.40. The second kappa shape index (κ2) is 6.16. The minimum Gasteiger partial charge on any atom is -0.485 e. The van der Waals surface area contributed by atoms with Crippen molar-refractivity contribution in [2.45, 2.75) is 23.9 Å². The minimum atomic E-state index is -0.294. The fourth-order valence-corrected chi connectivity index (χ4v) is 3.16. The van der Waals surface area contributed by atoms with Gasteiger partial charge in [-0.25, -0.2) is 0 Å². The number of fused-ring (bicyclic) bond motifs is 1. The van der Waals surface area contributed by atoms with Gasteiger partial charge in [-0.15, -0.1) is 20.4 Å². The number of hydrogen-bond donors (Lipinski definition) is 0. The molecular formula is C15H15N5O3S. The van der Waals surface area contributed by atoms with Crippen LogP contribution in [0.4, 0.5) is 0 Å². The average Bonchev–Trinajstić information content (AvgIpc) is 3.18. The summed E-state index contributed by atoms with van der Waals surface area (Å²) in [4.78, 5) is 0. The number of para-hydroxylation sites is 2. The molecule has 1 aromatic carbocycles. The molecule has 0 saturated heterocycles. The average molecular weight is 345 g/mol. The van der Waals surface area contributed by atoms with E-state index in [0.29, 0.717) is 35.7 Å². The molecule has 0 aliphatic carbocycles. The highest BCUT2D eigenvalue weighted by atomic mass is 32.2. The Kier molecular flexibility index (Phi) is 3.85. The lowest BCUT2D eigenvalue weighted by Gasteiger charge is -2.25. The molecule has 3 heterocycles. The minimum absolute atomic E-state index is 0.294. The Bertz CT molecular complexity index is 862. The van der Waals surface area contributed by atoms with Crippen molar-refractivity contribution >= 4 is 11.8 Å². The molecule has 8 nitrogen and oxygen atoms in total. The highest BCUT2D eigenvalue weighted by molar-refractivity contribution is 7.98. The topological polar surface area (TPSA) is 88.1 Å². The van der Waals surface area contributed by atoms with Gasteiger partial charge in [0.15, 0.2) is 28.6 Å². The van der Waals surface area contributed by atoms with Gasteiger partial charge in [-0.1, -0.05) is 23.9 Å². The van der Waals surface area contributed by atoms with Gasteiger partial charge < -0.3 is 18.5 Å². The van der Waals surface area contributed by atoms with E-state index < -0.39 is 0 Å². The molecule has 4 rings (SSSR count). The van der Waals surface area contributed by atoms with Crippen LogP contribution in [0.2, 0.25) is 0 Å². The first-order chi connectivity index (χ1) is 11.7. The van der Waals surface area contributed by atoms with Gasteiger partial charge >= 0.3 is 0 Å². The SMILES string of the molecule is Cc1nnc(CSc2nnc(C3COc4ccccc4O3)n2C)o1. The van der Waals surface area contributed by atoms with Gasteiger partial charge in [-0.05, 0) is 12.1 Å². The zero-order valence-electron chi connectivity index (χ0n) is 13.2. The molecule has 1 unspecified atom stereocenters. The molecule has 9 heteroatoms. The van der Waals surface area contributed by atoms with Crippen molar-refractivity contribution in [3.63, 3.8) is 0 Å². The van der Waals surface area contributed by atoms with E-state index in [4.69, 9.17) is 13.9 Å². The Morgan fingerprint density at radius 2 is 2.00 bits per heavy atom. The third-order valence-corrected chi connectivity index (χ3v) is 4.56. The van der Waals surface area contributed by atoms with E-state index in [2.05, 4.69) is 20.4 Å². The van der Waals surface area contributed by atoms with Crippen LogP contribution in [0.3, 0.4) is 0 Å². The summed E-state index contributed by atoms with van der Waals surface area (Å²) in [5.74, 6) is 3.83. The molecule has 1 aliphatic rings. The molecule has 0 radical (unpaired) electrons. The van der Waals surface area contributed by atoms with Crippen LogP contribution < -0.4 is 9.47 Å². The molecule has 0 N–H and O–H groups in total. The predicted octanol–water partition coefficient (Wildman–Crippen LogP) is 2.31. The Morgan fingerprint density at radius 3 is 2.79 bits per heavy atom. The number of thioether (sulfide) groups is 1. The summed E-state index contributed by atoms with van der Waals surface area (Å²) in [6.45, 7) is 2.16. The van der Waals surface area contributed by atoms with Crippen LogP contribution in [-0.4, -0.2) is 31.6 Å². The zero-order valence-corrected chi connectivity index (χ0v) is 14.0. The van der Waals surface area contributed by atoms with Gasteiger partial charge in [0.05, 0.1) is 5.75 Å². The zero-order chi connectivity index (χ0) is 16.5. The first-order valence-electron chi connectivity index (χ1n) is 7.40. The second-order valence-electron chi connectivity index (χ2n) is 5.27. The van der Waals surface area contributed by atoms with Crippen LogP contribution in [0, 0.1) is 6.92 Å². The summed E-state index contributed by atoms with van der Waals surface area (Å²) in [7, 11) is 1.90. The summed E-state index contributed by atoms with van der Waals surface area (Å²) < 4.78 is 19.0. The number of hydrogen-bond acceptors (Lipinski definition) is 8. The van der Waals surface area contributed by atoms with Crippen molar-refractivity contribution in [2.75, 3.05) is 6.61 Å². The monoisotopic (exact) mass is 345 g/mol. The van der Waals surface area contributed by atoms with Gasteiger partial charge in [0.2, 0.25) is 11.8 Å². The standard InChI is InChI=1S/C15H15N5O3S/c1-9-16-17-13(22-9)8-24-15-19-18-14(20(15)2)12-7-21-10-5-3-4-6-11(10)23-12/h3-6,12H,7-8H2,1-2H3. The molecule has 1 aliphatic heterocycles. The smallest absolute Gasteiger partial charge is 0.226 e. The normalized spacial score (nSPS) is 16.3. The maximum absolute atomic E-state index is 5.98. The molecule has 124 valence electrons. The number of benzene rings is 1. The molecule has 0 bridgehead atoms. The van der Waals surface area contributed by atoms with E-state index in [1.807, 2.05) is 35.9 Å². The quantitative estimate of drug-likeness (QED) is 0.666. The molecule has 0 saturated carbocycles. The third-order valence-electron chi connectivity index (χ3n) is 3.56. The van der Waals surface area contributed by atoms with Crippen molar-refractivity contribution in [2.24, 2.45) is 7.05 Å². The lowest BCUT2D eigenvalue weighted by Crippen LogP contribution is -2.24. The molecule has 0 amide bonds. The summed E-state index contributed by atoms with van der Waals surface area (Å²) in [6, 6.07) is 7.59. The van der Waals surface area contributed by atoms with Gasteiger partial charge in [-0.2, -0.15) is 0 Å². The lowest BCUT2D eigenvalue weighted by atomic mass is 10.2. The fraction of sp³-hybridized carbons (Fsp3) is 0.333. The Balaban J connectivity index is 1.48. The number of nitrogens with zero attached hydrogens (tertiary/aromatic N) is 5. The number of aromatic nitrogens is 5. The van der Waals surface area contributed by atoms with E-state index in [1.165, 1.54) is 11.8 Å². The van der Waals surface area contributed by atoms with Crippen LogP contribution in [0.5, 0.6) is 11.5 Å². The van der Waals surface area contributed by atoms with Crippen LogP contribution in [0.15, 0.2) is 33.8 Å². The van der Waals surface area contributed by atoms with Crippen LogP contribution in [-0.2, 0) is 12.8 Å². The number of rotatable bonds is 4. The first kappa shape index (κ1) is 15.0. The predicted molar refractivity (Wildman–Crippen MR) is 84.9 cm³/mol. The van der Waals surface area contributed by atoms with E-state index in [0.717, 1.165) is 10.9 Å². The van der Waals surface area contributed by atoms with E-state index in [-0.39, 0.29) is 6.10 Å². The third kappa shape index (κ3) is 2.82. The summed E-state index contributed by atoms with van der Waals surface area (Å²) in [5.41, 5.74) is 0. The maximum atomic E-state index is 5.98. The summed E-state index contributed by atoms with van der Waals surface area (Å²) in [6.07, 6.45) is -0.294.